The van der Waals surface area contributed by atoms with E-state index in [9.17, 15) is 0 Å². The van der Waals surface area contributed by atoms with E-state index in [1.54, 1.807) is 6.07 Å². The summed E-state index contributed by atoms with van der Waals surface area (Å²) in [4.78, 5) is 2.30. The first kappa shape index (κ1) is 14.2. The number of nitrogens with two attached hydrogens (primary N) is 1. The Morgan fingerprint density at radius 1 is 1.58 bits per heavy atom. The Balaban J connectivity index is 2.27. The Labute approximate surface area is 119 Å². The van der Waals surface area contributed by atoms with Gasteiger partial charge >= 0.3 is 0 Å². The summed E-state index contributed by atoms with van der Waals surface area (Å²) < 4.78 is 0. The largest absolute Gasteiger partial charge is 0.398 e. The highest BCUT2D eigenvalue weighted by atomic mass is 35.5. The first-order valence-corrected chi connectivity index (χ1v) is 7.02. The summed E-state index contributed by atoms with van der Waals surface area (Å²) in [6, 6.07) is 3.63. The van der Waals surface area contributed by atoms with Crippen LogP contribution in [0.25, 0.3) is 0 Å². The smallest absolute Gasteiger partial charge is 0.0491 e. The van der Waals surface area contributed by atoms with Crippen molar-refractivity contribution in [2.45, 2.75) is 12.8 Å². The predicted molar refractivity (Wildman–Crippen MR) is 82.6 cm³/mol. The number of nitrogens with one attached hydrogen (secondary N) is 2. The van der Waals surface area contributed by atoms with Crippen LogP contribution in [0.15, 0.2) is 12.1 Å². The lowest BCUT2D eigenvalue weighted by Crippen LogP contribution is -2.39. The number of nitrogens with zero attached hydrogens (tertiary/aromatic N) is 1. The van der Waals surface area contributed by atoms with E-state index in [0.717, 1.165) is 37.3 Å². The molecule has 0 saturated carbocycles. The van der Waals surface area contributed by atoms with Gasteiger partial charge < -0.3 is 21.4 Å². The maximum absolute atomic E-state index is 7.56. The van der Waals surface area contributed by atoms with E-state index >= 15 is 0 Å². The molecule has 1 aromatic rings. The van der Waals surface area contributed by atoms with E-state index in [1.807, 2.05) is 13.1 Å². The van der Waals surface area contributed by atoms with Crippen LogP contribution in [0.2, 0.25) is 5.02 Å². The average molecular weight is 281 g/mol. The molecule has 0 aromatic heterocycles. The van der Waals surface area contributed by atoms with Crippen LogP contribution in [-0.2, 0) is 0 Å². The van der Waals surface area contributed by atoms with E-state index < -0.39 is 0 Å². The summed E-state index contributed by atoms with van der Waals surface area (Å²) >= 11 is 6.10. The lowest BCUT2D eigenvalue weighted by molar-refractivity contribution is 0.403. The van der Waals surface area contributed by atoms with Gasteiger partial charge in [-0.05, 0) is 44.5 Å². The number of hydrogen-bond acceptors (Lipinski definition) is 4. The molecule has 4 N–H and O–H groups in total. The minimum Gasteiger partial charge on any atom is -0.398 e. The summed E-state index contributed by atoms with van der Waals surface area (Å²) in [5.74, 6) is 0.637. The summed E-state index contributed by atoms with van der Waals surface area (Å²) in [7, 11) is 1.99. The summed E-state index contributed by atoms with van der Waals surface area (Å²) in [5.41, 5.74) is 8.29. The van der Waals surface area contributed by atoms with Gasteiger partial charge in [-0.2, -0.15) is 0 Å². The van der Waals surface area contributed by atoms with Gasteiger partial charge in [0.05, 0.1) is 0 Å². The van der Waals surface area contributed by atoms with Crippen LogP contribution in [0.5, 0.6) is 0 Å². The number of halogens is 1. The van der Waals surface area contributed by atoms with Crippen molar-refractivity contribution in [2.24, 2.45) is 5.92 Å². The zero-order chi connectivity index (χ0) is 13.8. The average Bonchev–Trinajstić information content (AvgIpc) is 2.38. The molecule has 1 aliphatic heterocycles. The fraction of sp³-hybridized carbons (Fsp3) is 0.500. The molecule has 0 bridgehead atoms. The van der Waals surface area contributed by atoms with Gasteiger partial charge in [0.25, 0.3) is 0 Å². The molecule has 104 valence electrons. The number of benzene rings is 1. The summed E-state index contributed by atoms with van der Waals surface area (Å²) in [6.45, 7) is 3.01. The quantitative estimate of drug-likeness (QED) is 0.586. The highest BCUT2D eigenvalue weighted by molar-refractivity contribution is 6.31. The maximum atomic E-state index is 7.56. The summed E-state index contributed by atoms with van der Waals surface area (Å²) in [5, 5.41) is 11.4. The van der Waals surface area contributed by atoms with Crippen molar-refractivity contribution in [3.8, 4) is 0 Å². The van der Waals surface area contributed by atoms with Gasteiger partial charge in [-0.25, -0.2) is 0 Å². The molecule has 5 heteroatoms. The van der Waals surface area contributed by atoms with Crippen molar-refractivity contribution < 1.29 is 0 Å². The molecular formula is C14H21ClN4. The molecule has 1 heterocycles. The first-order chi connectivity index (χ1) is 9.15. The van der Waals surface area contributed by atoms with Crippen LogP contribution in [0.3, 0.4) is 0 Å². The molecule has 1 saturated heterocycles. The molecule has 1 aromatic carbocycles. The van der Waals surface area contributed by atoms with Crippen LogP contribution in [0.1, 0.15) is 18.4 Å². The topological polar surface area (TPSA) is 65.1 Å². The third kappa shape index (κ3) is 3.19. The number of hydrogen-bond donors (Lipinski definition) is 3. The van der Waals surface area contributed by atoms with Crippen molar-refractivity contribution >= 4 is 29.2 Å². The second-order valence-corrected chi connectivity index (χ2v) is 5.52. The Bertz CT molecular complexity index is 459. The van der Waals surface area contributed by atoms with Crippen LogP contribution >= 0.6 is 11.6 Å². The van der Waals surface area contributed by atoms with Gasteiger partial charge in [0.1, 0.15) is 0 Å². The van der Waals surface area contributed by atoms with Crippen LogP contribution < -0.4 is 16.0 Å². The zero-order valence-electron chi connectivity index (χ0n) is 11.2. The van der Waals surface area contributed by atoms with Crippen molar-refractivity contribution in [1.82, 2.24) is 5.32 Å². The van der Waals surface area contributed by atoms with Crippen LogP contribution in [0.4, 0.5) is 11.4 Å². The third-order valence-corrected chi connectivity index (χ3v) is 3.87. The normalized spacial score (nSPS) is 19.5. The SMILES string of the molecule is CNCC1CCCN(c2cc(Cl)cc(N)c2C=N)C1. The van der Waals surface area contributed by atoms with E-state index in [-0.39, 0.29) is 0 Å². The third-order valence-electron chi connectivity index (χ3n) is 3.65. The standard InChI is InChI=1S/C14H21ClN4/c1-18-8-10-3-2-4-19(9-10)14-6-11(15)5-13(17)12(14)7-16/h5-7,10,16,18H,2-4,8-9,17H2,1H3. The Morgan fingerprint density at radius 3 is 3.05 bits per heavy atom. The van der Waals surface area contributed by atoms with Gasteiger partial charge in [-0.3, -0.25) is 0 Å². The number of nitrogen functional groups attached to an aromatic ring is 1. The van der Waals surface area contributed by atoms with Gasteiger partial charge in [-0.15, -0.1) is 0 Å². The second-order valence-electron chi connectivity index (χ2n) is 5.08. The van der Waals surface area contributed by atoms with Crippen LogP contribution in [0, 0.1) is 11.3 Å². The highest BCUT2D eigenvalue weighted by Gasteiger charge is 2.22. The first-order valence-electron chi connectivity index (χ1n) is 6.64. The molecule has 0 amide bonds. The van der Waals surface area contributed by atoms with Crippen molar-refractivity contribution in [2.75, 3.05) is 37.3 Å². The molecule has 0 spiro atoms. The van der Waals surface area contributed by atoms with Gasteiger partial charge in [0, 0.05) is 41.3 Å². The van der Waals surface area contributed by atoms with Crippen molar-refractivity contribution in [3.63, 3.8) is 0 Å². The van der Waals surface area contributed by atoms with E-state index in [4.69, 9.17) is 22.7 Å². The molecule has 4 nitrogen and oxygen atoms in total. The zero-order valence-corrected chi connectivity index (χ0v) is 12.0. The maximum Gasteiger partial charge on any atom is 0.0491 e. The van der Waals surface area contributed by atoms with Crippen LogP contribution in [-0.4, -0.2) is 32.9 Å². The summed E-state index contributed by atoms with van der Waals surface area (Å²) in [6.07, 6.45) is 3.73. The van der Waals surface area contributed by atoms with E-state index in [0.29, 0.717) is 16.6 Å². The van der Waals surface area contributed by atoms with E-state index in [1.165, 1.54) is 12.6 Å². The molecule has 1 unspecified atom stereocenters. The van der Waals surface area contributed by atoms with E-state index in [2.05, 4.69) is 10.2 Å². The number of piperidine rings is 1. The van der Waals surface area contributed by atoms with Crippen molar-refractivity contribution in [3.05, 3.63) is 22.7 Å². The molecule has 19 heavy (non-hydrogen) atoms. The van der Waals surface area contributed by atoms with Gasteiger partial charge in [0.15, 0.2) is 0 Å². The fourth-order valence-corrected chi connectivity index (χ4v) is 3.00. The Morgan fingerprint density at radius 2 is 2.37 bits per heavy atom. The molecule has 0 radical (unpaired) electrons. The minimum absolute atomic E-state index is 0.577. The molecule has 0 aliphatic carbocycles. The van der Waals surface area contributed by atoms with Gasteiger partial charge in [0.2, 0.25) is 0 Å². The molecule has 1 atom stereocenters. The lowest BCUT2D eigenvalue weighted by Gasteiger charge is -2.35. The Hall–Kier alpha value is -1.26. The molecular weight excluding hydrogens is 260 g/mol. The molecule has 2 rings (SSSR count). The van der Waals surface area contributed by atoms with Gasteiger partial charge in [-0.1, -0.05) is 11.6 Å². The lowest BCUT2D eigenvalue weighted by atomic mass is 9.96. The van der Waals surface area contributed by atoms with Crippen molar-refractivity contribution in [1.29, 1.82) is 5.41 Å². The minimum atomic E-state index is 0.577. The Kier molecular flexibility index (Phi) is 4.66. The highest BCUT2D eigenvalue weighted by Crippen LogP contribution is 2.31. The molecule has 1 aliphatic rings. The fourth-order valence-electron chi connectivity index (χ4n) is 2.78. The number of rotatable bonds is 4. The molecule has 1 fully saturated rings. The second kappa shape index (κ2) is 6.26. The predicted octanol–water partition coefficient (Wildman–Crippen LogP) is 2.36. The monoisotopic (exact) mass is 280 g/mol. The number of anilines is 2.